The molecule has 0 aliphatic carbocycles. The summed E-state index contributed by atoms with van der Waals surface area (Å²) < 4.78 is 57.8. The lowest BCUT2D eigenvalue weighted by atomic mass is 10.2. The lowest BCUT2D eigenvalue weighted by Gasteiger charge is -2.07. The zero-order valence-corrected chi connectivity index (χ0v) is 11.6. The molecule has 0 fully saturated rings. The smallest absolute Gasteiger partial charge is 0.244 e. The Morgan fingerprint density at radius 1 is 1.20 bits per heavy atom. The van der Waals surface area contributed by atoms with Crippen molar-refractivity contribution in [3.05, 3.63) is 46.9 Å². The Morgan fingerprint density at radius 2 is 1.90 bits per heavy atom. The third-order valence-electron chi connectivity index (χ3n) is 2.62. The molecule has 0 saturated carbocycles. The van der Waals surface area contributed by atoms with Gasteiger partial charge in [0.25, 0.3) is 0 Å². The minimum Gasteiger partial charge on any atom is -0.360 e. The highest BCUT2D eigenvalue weighted by Crippen LogP contribution is 2.19. The molecule has 0 aliphatic heterocycles. The van der Waals surface area contributed by atoms with Crippen LogP contribution in [0.25, 0.3) is 0 Å². The highest BCUT2D eigenvalue weighted by molar-refractivity contribution is 7.89. The van der Waals surface area contributed by atoms with Crippen LogP contribution in [0.1, 0.15) is 17.0 Å². The lowest BCUT2D eigenvalue weighted by molar-refractivity contribution is 0.376. The number of aryl methyl sites for hydroxylation is 2. The highest BCUT2D eigenvalue weighted by atomic mass is 32.2. The largest absolute Gasteiger partial charge is 0.360 e. The van der Waals surface area contributed by atoms with Crippen molar-refractivity contribution >= 4 is 10.0 Å². The lowest BCUT2D eigenvalue weighted by Crippen LogP contribution is -2.24. The van der Waals surface area contributed by atoms with Crippen LogP contribution in [-0.2, 0) is 16.6 Å². The first kappa shape index (κ1) is 14.6. The van der Waals surface area contributed by atoms with E-state index in [9.17, 15) is 17.2 Å². The average Bonchev–Trinajstić information content (AvgIpc) is 2.77. The van der Waals surface area contributed by atoms with E-state index in [1.54, 1.807) is 6.92 Å². The van der Waals surface area contributed by atoms with Gasteiger partial charge in [-0.1, -0.05) is 5.16 Å². The van der Waals surface area contributed by atoms with E-state index >= 15 is 0 Å². The molecule has 0 saturated heterocycles. The summed E-state index contributed by atoms with van der Waals surface area (Å²) in [6, 6.07) is 3.02. The zero-order valence-electron chi connectivity index (χ0n) is 10.8. The molecule has 1 heterocycles. The minimum absolute atomic E-state index is 0.0345. The number of nitrogens with one attached hydrogen (secondary N) is 1. The molecule has 2 rings (SSSR count). The Labute approximate surface area is 114 Å². The van der Waals surface area contributed by atoms with E-state index in [-0.39, 0.29) is 17.9 Å². The standard InChI is InChI=1S/C12H12F2N2O3S/c1-7-3-11(14)12(5-10(7)13)20(17,18)15-6-9-4-8(2)16-19-9/h3-5,15H,6H2,1-2H3. The Bertz CT molecular complexity index is 741. The number of sulfonamides is 1. The van der Waals surface area contributed by atoms with E-state index in [4.69, 9.17) is 4.52 Å². The maximum absolute atomic E-state index is 13.6. The molecule has 1 aromatic carbocycles. The van der Waals surface area contributed by atoms with Crippen LogP contribution in [-0.4, -0.2) is 13.6 Å². The van der Waals surface area contributed by atoms with Gasteiger partial charge in [-0.2, -0.15) is 0 Å². The average molecular weight is 302 g/mol. The van der Waals surface area contributed by atoms with Gasteiger partial charge in [0.2, 0.25) is 10.0 Å². The quantitative estimate of drug-likeness (QED) is 0.938. The van der Waals surface area contributed by atoms with Gasteiger partial charge in [-0.15, -0.1) is 0 Å². The number of nitrogens with zero attached hydrogens (tertiary/aromatic N) is 1. The minimum atomic E-state index is -4.17. The topological polar surface area (TPSA) is 72.2 Å². The van der Waals surface area contributed by atoms with Gasteiger partial charge in [-0.25, -0.2) is 21.9 Å². The molecule has 1 aromatic heterocycles. The molecule has 8 heteroatoms. The molecule has 0 radical (unpaired) electrons. The number of benzene rings is 1. The van der Waals surface area contributed by atoms with Crippen LogP contribution in [0, 0.1) is 25.5 Å². The van der Waals surface area contributed by atoms with Gasteiger partial charge in [0.05, 0.1) is 12.2 Å². The summed E-state index contributed by atoms with van der Waals surface area (Å²) in [4.78, 5) is -0.739. The predicted octanol–water partition coefficient (Wildman–Crippen LogP) is 2.05. The third kappa shape index (κ3) is 3.02. The summed E-state index contributed by atoms with van der Waals surface area (Å²) in [6.45, 7) is 2.83. The fourth-order valence-electron chi connectivity index (χ4n) is 1.58. The summed E-state index contributed by atoms with van der Waals surface area (Å²) in [5, 5.41) is 3.59. The monoisotopic (exact) mass is 302 g/mol. The van der Waals surface area contributed by atoms with Gasteiger partial charge < -0.3 is 4.52 Å². The van der Waals surface area contributed by atoms with Crippen LogP contribution in [0.3, 0.4) is 0 Å². The normalized spacial score (nSPS) is 11.8. The van der Waals surface area contributed by atoms with Crippen LogP contribution >= 0.6 is 0 Å². The summed E-state index contributed by atoms with van der Waals surface area (Å²) in [6.07, 6.45) is 0. The second-order valence-electron chi connectivity index (χ2n) is 4.29. The number of aromatic nitrogens is 1. The van der Waals surface area contributed by atoms with Crippen LogP contribution in [0.4, 0.5) is 8.78 Å². The fraction of sp³-hybridized carbons (Fsp3) is 0.250. The molecule has 108 valence electrons. The van der Waals surface area contributed by atoms with Crippen molar-refractivity contribution in [3.63, 3.8) is 0 Å². The summed E-state index contributed by atoms with van der Waals surface area (Å²) in [5.74, 6) is -1.52. The molecule has 0 aliphatic rings. The van der Waals surface area contributed by atoms with Crippen LogP contribution < -0.4 is 4.72 Å². The van der Waals surface area contributed by atoms with Crippen molar-refractivity contribution in [3.8, 4) is 0 Å². The predicted molar refractivity (Wildman–Crippen MR) is 66.4 cm³/mol. The van der Waals surface area contributed by atoms with E-state index in [1.165, 1.54) is 13.0 Å². The molecule has 5 nitrogen and oxygen atoms in total. The Kier molecular flexibility index (Phi) is 3.87. The second kappa shape index (κ2) is 5.29. The number of hydrogen-bond acceptors (Lipinski definition) is 4. The van der Waals surface area contributed by atoms with Gasteiger partial charge >= 0.3 is 0 Å². The van der Waals surface area contributed by atoms with Crippen LogP contribution in [0.5, 0.6) is 0 Å². The van der Waals surface area contributed by atoms with E-state index in [0.717, 1.165) is 6.07 Å². The molecule has 20 heavy (non-hydrogen) atoms. The number of rotatable bonds is 4. The zero-order chi connectivity index (χ0) is 14.9. The van der Waals surface area contributed by atoms with Gasteiger partial charge in [0, 0.05) is 6.07 Å². The maximum atomic E-state index is 13.6. The Hall–Kier alpha value is -1.80. The van der Waals surface area contributed by atoms with Gasteiger partial charge in [0.1, 0.15) is 16.5 Å². The summed E-state index contributed by atoms with van der Waals surface area (Å²) in [5.41, 5.74) is 0.624. The van der Waals surface area contributed by atoms with E-state index in [2.05, 4.69) is 9.88 Å². The first-order chi connectivity index (χ1) is 9.29. The highest BCUT2D eigenvalue weighted by Gasteiger charge is 2.21. The van der Waals surface area contributed by atoms with Crippen molar-refractivity contribution < 1.29 is 21.7 Å². The second-order valence-corrected chi connectivity index (χ2v) is 6.03. The van der Waals surface area contributed by atoms with E-state index in [1.807, 2.05) is 0 Å². The van der Waals surface area contributed by atoms with Gasteiger partial charge in [0.15, 0.2) is 5.76 Å². The molecule has 1 N–H and O–H groups in total. The molecular weight excluding hydrogens is 290 g/mol. The van der Waals surface area contributed by atoms with E-state index in [0.29, 0.717) is 11.8 Å². The van der Waals surface area contributed by atoms with E-state index < -0.39 is 26.6 Å². The van der Waals surface area contributed by atoms with Crippen LogP contribution in [0.2, 0.25) is 0 Å². The summed E-state index contributed by atoms with van der Waals surface area (Å²) in [7, 11) is -4.17. The molecule has 2 aromatic rings. The van der Waals surface area contributed by atoms with Crippen molar-refractivity contribution in [1.29, 1.82) is 0 Å². The Balaban J connectivity index is 2.24. The van der Waals surface area contributed by atoms with Gasteiger partial charge in [-0.05, 0) is 31.5 Å². The van der Waals surface area contributed by atoms with Crippen molar-refractivity contribution in [2.45, 2.75) is 25.3 Å². The van der Waals surface area contributed by atoms with Crippen molar-refractivity contribution in [2.75, 3.05) is 0 Å². The van der Waals surface area contributed by atoms with Crippen molar-refractivity contribution in [2.24, 2.45) is 0 Å². The first-order valence-corrected chi connectivity index (χ1v) is 7.15. The Morgan fingerprint density at radius 3 is 2.50 bits per heavy atom. The summed E-state index contributed by atoms with van der Waals surface area (Å²) >= 11 is 0. The molecule has 0 bridgehead atoms. The SMILES string of the molecule is Cc1cc(CNS(=O)(=O)c2cc(F)c(C)cc2F)on1. The third-order valence-corrected chi connectivity index (χ3v) is 4.03. The fourth-order valence-corrected chi connectivity index (χ4v) is 2.64. The number of hydrogen-bond donors (Lipinski definition) is 1. The maximum Gasteiger partial charge on any atom is 0.244 e. The molecule has 0 unspecified atom stereocenters. The molecular formula is C12H12F2N2O3S. The molecule has 0 amide bonds. The first-order valence-electron chi connectivity index (χ1n) is 5.67. The van der Waals surface area contributed by atoms with Crippen LogP contribution in [0.15, 0.2) is 27.6 Å². The number of halogens is 2. The molecule has 0 spiro atoms. The van der Waals surface area contributed by atoms with Crippen molar-refractivity contribution in [1.82, 2.24) is 9.88 Å². The molecule has 0 atom stereocenters. The van der Waals surface area contributed by atoms with Gasteiger partial charge in [-0.3, -0.25) is 0 Å².